The van der Waals surface area contributed by atoms with Crippen LogP contribution in [0.25, 0.3) is 45.5 Å². The highest BCUT2D eigenvalue weighted by atomic mass is 32.2. The van der Waals surface area contributed by atoms with Crippen molar-refractivity contribution in [2.24, 2.45) is 16.5 Å². The van der Waals surface area contributed by atoms with Crippen LogP contribution in [0, 0.1) is 17.5 Å². The Bertz CT molecular complexity index is 4860. The number of aromatic nitrogens is 10. The second-order valence-electron chi connectivity index (χ2n) is 23.6. The maximum absolute atomic E-state index is 13.9. The highest BCUT2D eigenvalue weighted by molar-refractivity contribution is 7.99. The summed E-state index contributed by atoms with van der Waals surface area (Å²) in [6.45, 7) is 1.62. The van der Waals surface area contributed by atoms with Crippen LogP contribution < -0.4 is 33.8 Å². The van der Waals surface area contributed by atoms with E-state index in [1.165, 1.54) is 29.6 Å². The summed E-state index contributed by atoms with van der Waals surface area (Å²) in [7, 11) is 0. The average Bonchev–Trinajstić information content (AvgIpc) is 1.62. The Morgan fingerprint density at radius 2 is 1.08 bits per heavy atom. The van der Waals surface area contributed by atoms with Crippen LogP contribution in [0.5, 0.6) is 0 Å². The molecule has 106 heavy (non-hydrogen) atoms. The molecule has 0 spiro atoms. The van der Waals surface area contributed by atoms with E-state index in [-0.39, 0.29) is 118 Å². The summed E-state index contributed by atoms with van der Waals surface area (Å²) in [4.78, 5) is 66.3. The predicted octanol–water partition coefficient (Wildman–Crippen LogP) is 10.9. The number of carbonyl (C=O) groups is 3. The first-order valence-corrected chi connectivity index (χ1v) is 34.6. The molecule has 0 radical (unpaired) electrons. The number of hydrogen-bond donors (Lipinski definition) is 5. The van der Waals surface area contributed by atoms with Crippen molar-refractivity contribution in [1.82, 2.24) is 61.2 Å². The van der Waals surface area contributed by atoms with Gasteiger partial charge in [0.15, 0.2) is 38.0 Å². The van der Waals surface area contributed by atoms with E-state index in [4.69, 9.17) is 34.8 Å². The number of rotatable bonds is 29. The van der Waals surface area contributed by atoms with E-state index in [0.29, 0.717) is 61.3 Å². The van der Waals surface area contributed by atoms with Gasteiger partial charge in [-0.3, -0.25) is 29.3 Å². The van der Waals surface area contributed by atoms with Crippen LogP contribution >= 0.6 is 35.3 Å². The number of halogens is 9. The molecule has 2 saturated heterocycles. The Labute approximate surface area is 603 Å². The minimum Gasteiger partial charge on any atom is -0.449 e. The molecular weight excluding hydrogens is 1480 g/mol. The fourth-order valence-electron chi connectivity index (χ4n) is 11.1. The number of alkyl halides is 6. The number of carbonyl (C=O) groups excluding carboxylic acids is 3. The topological polar surface area (TPSA) is 400 Å². The second-order valence-corrected chi connectivity index (χ2v) is 26.9. The predicted molar refractivity (Wildman–Crippen MR) is 356 cm³/mol. The van der Waals surface area contributed by atoms with Gasteiger partial charge in [0, 0.05) is 55.4 Å². The number of hydroxylamine groups is 1. The number of hydrogen-bond acceptors (Lipinski definition) is 28. The number of Topliss-reactive ketones (excluding diaryl/α,β-unsaturated/α-hetero) is 2. The molecule has 0 unspecified atom stereocenters. The number of alkyl carbamates (subject to hydrolysis) is 1. The zero-order valence-corrected chi connectivity index (χ0v) is 57.1. The van der Waals surface area contributed by atoms with Crippen molar-refractivity contribution in [3.63, 3.8) is 0 Å². The molecule has 5 aromatic carbocycles. The van der Waals surface area contributed by atoms with Gasteiger partial charge in [0.05, 0.1) is 71.3 Å². The fraction of sp³-hybridized carbons (Fsp3) is 0.323. The van der Waals surface area contributed by atoms with Gasteiger partial charge in [0.1, 0.15) is 35.6 Å². The molecule has 7 heterocycles. The third-order valence-corrected chi connectivity index (χ3v) is 19.2. The van der Waals surface area contributed by atoms with Gasteiger partial charge in [0.2, 0.25) is 11.6 Å². The van der Waals surface area contributed by atoms with Crippen LogP contribution in [0.3, 0.4) is 0 Å². The second kappa shape index (κ2) is 34.7. The molecule has 5 aromatic heterocycles. The molecule has 13 rings (SSSR count). The van der Waals surface area contributed by atoms with Gasteiger partial charge in [0.25, 0.3) is 19.3 Å². The van der Waals surface area contributed by atoms with Crippen LogP contribution in [0.2, 0.25) is 0 Å². The molecule has 3 aliphatic rings. The van der Waals surface area contributed by atoms with Crippen LogP contribution in [-0.2, 0) is 23.8 Å². The van der Waals surface area contributed by atoms with Crippen LogP contribution in [0.15, 0.2) is 156 Å². The van der Waals surface area contributed by atoms with Crippen molar-refractivity contribution < 1.29 is 96.2 Å². The highest BCUT2D eigenvalue weighted by Gasteiger charge is 2.43. The Morgan fingerprint density at radius 1 is 0.604 bits per heavy atom. The number of amidine groups is 1. The lowest BCUT2D eigenvalue weighted by Gasteiger charge is -2.41. The Morgan fingerprint density at radius 3 is 1.57 bits per heavy atom. The van der Waals surface area contributed by atoms with Crippen molar-refractivity contribution in [2.75, 3.05) is 56.8 Å². The summed E-state index contributed by atoms with van der Waals surface area (Å²) >= 11 is 3.57. The number of aliphatic imine (C=N–C) groups is 1. The zero-order valence-electron chi connectivity index (χ0n) is 54.7. The SMILES string of the molecule is NC1(CC(=O)CCCSc2nonc2C(=Nc2ccc(F)c(C(F)F)c2)NO)COC1.NCCSc1nonc1-c1noc(=O)n1-c1ccc(F)c(C(F)F)c1.O=C(CCCSc1nonc1-c1noc(=O)n1-c1ccc(F)c(C(F)F)c1)CC1(NC(=O)OCC2c3ccccc3-c3ccccc32)COC1. The summed E-state index contributed by atoms with van der Waals surface area (Å²) in [5.74, 6) is -4.57. The number of nitrogens with zero attached hydrogens (tertiary/aromatic N) is 11. The van der Waals surface area contributed by atoms with Gasteiger partial charge in [-0.05, 0) is 121 Å². The van der Waals surface area contributed by atoms with E-state index < -0.39 is 82.1 Å². The van der Waals surface area contributed by atoms with Gasteiger partial charge < -0.3 is 31.0 Å². The van der Waals surface area contributed by atoms with Crippen LogP contribution in [0.1, 0.15) is 97.2 Å². The van der Waals surface area contributed by atoms with Crippen LogP contribution in [0.4, 0.5) is 50.0 Å². The lowest BCUT2D eigenvalue weighted by atomic mass is 9.89. The molecule has 10 aromatic rings. The smallest absolute Gasteiger partial charge is 0.446 e. The first-order chi connectivity index (χ1) is 51.1. The van der Waals surface area contributed by atoms with Crippen molar-refractivity contribution in [3.8, 4) is 45.5 Å². The standard InChI is InChI=1S/C34H28F3N5O7S.C18H20F3N5O4S.C13H10F3N5O3S/c35-27-12-11-19(14-25(27)29(36)37)42-30(40-48-33(42)45)28-31(41-49-39-28)50-13-5-6-20(43)15-34(17-46-18-34)38-32(44)47-16-26-23-9-3-1-7-21(23)22-8-2-4-10-24(22)26;19-13-4-3-10(6-12(13)15(20)21)23-16(24-28)14-17(26-30-25-14)31-5-1-2-11(27)7-18(22)8-29-9-18;14-8-2-1-6(5-7(8)10(15)16)21-11(19-23-13(21)22)9-12(20-24-18-9)25-4-3-17/h1-4,7-12,14,26,29H,5-6,13,15-18H2,(H,38,44);3-4,6,15,28H,1-2,5,7-9,22H2,(H,23,24);1-2,5,10H,3-4,17H2. The Balaban J connectivity index is 0.000000171. The van der Waals surface area contributed by atoms with E-state index in [0.717, 1.165) is 91.7 Å². The maximum Gasteiger partial charge on any atom is 0.446 e. The molecule has 0 bridgehead atoms. The third-order valence-electron chi connectivity index (χ3n) is 16.1. The van der Waals surface area contributed by atoms with Gasteiger partial charge in [-0.15, -0.1) is 23.5 Å². The first-order valence-electron chi connectivity index (χ1n) is 31.6. The molecule has 41 heteroatoms. The molecule has 29 nitrogen and oxygen atoms in total. The lowest BCUT2D eigenvalue weighted by Crippen LogP contribution is -2.63. The number of ether oxygens (including phenoxy) is 3. The number of nitrogens with two attached hydrogens (primary N) is 2. The Kier molecular flexibility index (Phi) is 25.2. The minimum atomic E-state index is -3.12. The Hall–Kier alpha value is -10.3. The third kappa shape index (κ3) is 18.1. The van der Waals surface area contributed by atoms with E-state index in [9.17, 15) is 68.7 Å². The summed E-state index contributed by atoms with van der Waals surface area (Å²) in [5, 5.41) is 42.7. The number of ketones is 2. The molecular formula is C65H58F9N15O14S3. The van der Waals surface area contributed by atoms with Crippen molar-refractivity contribution in [3.05, 3.63) is 175 Å². The van der Waals surface area contributed by atoms with E-state index >= 15 is 0 Å². The molecule has 0 atom stereocenters. The maximum atomic E-state index is 13.9. The molecule has 1 amide bonds. The minimum absolute atomic E-state index is 0.00652. The zero-order chi connectivity index (χ0) is 75.2. The van der Waals surface area contributed by atoms with Gasteiger partial charge in [-0.2, -0.15) is 0 Å². The average molecular weight is 1540 g/mol. The first kappa shape index (κ1) is 76.8. The van der Waals surface area contributed by atoms with E-state index in [1.807, 2.05) is 41.9 Å². The van der Waals surface area contributed by atoms with Crippen molar-refractivity contribution in [2.45, 2.75) is 89.9 Å². The number of amides is 1. The fourth-order valence-corrected chi connectivity index (χ4v) is 13.4. The van der Waals surface area contributed by atoms with Crippen molar-refractivity contribution >= 4 is 64.5 Å². The highest BCUT2D eigenvalue weighted by Crippen LogP contribution is 2.45. The number of thioether (sulfide) groups is 3. The summed E-state index contributed by atoms with van der Waals surface area (Å²) in [6.07, 6.45) is -8.02. The van der Waals surface area contributed by atoms with Crippen molar-refractivity contribution in [1.29, 1.82) is 0 Å². The molecule has 1 aliphatic carbocycles. The summed E-state index contributed by atoms with van der Waals surface area (Å²) in [6, 6.07) is 24.5. The number of fused-ring (bicyclic) bond motifs is 3. The largest absolute Gasteiger partial charge is 0.449 e. The number of nitrogens with one attached hydrogen (secondary N) is 2. The van der Waals surface area contributed by atoms with E-state index in [1.54, 1.807) is 0 Å². The molecule has 7 N–H and O–H groups in total. The quantitative estimate of drug-likeness (QED) is 0.00726. The monoisotopic (exact) mass is 1540 g/mol. The normalized spacial score (nSPS) is 14.2. The molecule has 0 saturated carbocycles. The molecule has 558 valence electrons. The lowest BCUT2D eigenvalue weighted by molar-refractivity contribution is -0.128. The molecule has 2 fully saturated rings. The molecule has 2 aliphatic heterocycles. The summed E-state index contributed by atoms with van der Waals surface area (Å²) < 4.78 is 160. The van der Waals surface area contributed by atoms with Gasteiger partial charge in [-0.1, -0.05) is 70.6 Å². The summed E-state index contributed by atoms with van der Waals surface area (Å²) in [5.41, 5.74) is 13.5. The van der Waals surface area contributed by atoms with Gasteiger partial charge in [-0.25, -0.2) is 81.9 Å². The van der Waals surface area contributed by atoms with Crippen LogP contribution in [-0.4, -0.2) is 147 Å². The van der Waals surface area contributed by atoms with E-state index in [2.05, 4.69) is 77.5 Å². The number of benzene rings is 5. The van der Waals surface area contributed by atoms with Gasteiger partial charge >= 0.3 is 17.6 Å².